The van der Waals surface area contributed by atoms with E-state index in [1.165, 1.54) is 5.56 Å². The number of aromatic nitrogens is 3. The molecule has 0 unspecified atom stereocenters. The van der Waals surface area contributed by atoms with Crippen LogP contribution in [0.25, 0.3) is 11.0 Å². The molecule has 0 saturated carbocycles. The van der Waals surface area contributed by atoms with E-state index in [0.29, 0.717) is 18.5 Å². The van der Waals surface area contributed by atoms with Crippen molar-refractivity contribution in [2.45, 2.75) is 33.4 Å². The Balaban J connectivity index is 2.11. The molecular weight excluding hydrogens is 288 g/mol. The Bertz CT molecular complexity index is 877. The summed E-state index contributed by atoms with van der Waals surface area (Å²) in [4.78, 5) is 4.60. The Morgan fingerprint density at radius 3 is 2.61 bits per heavy atom. The van der Waals surface area contributed by atoms with Crippen LogP contribution >= 0.6 is 0 Å². The molecule has 0 fully saturated rings. The van der Waals surface area contributed by atoms with Crippen LogP contribution in [-0.2, 0) is 13.1 Å². The maximum Gasteiger partial charge on any atom is 0.146 e. The maximum absolute atomic E-state index is 9.00. The van der Waals surface area contributed by atoms with E-state index in [2.05, 4.69) is 35.5 Å². The summed E-state index contributed by atoms with van der Waals surface area (Å²) in [6.45, 7) is 5.62. The van der Waals surface area contributed by atoms with Gasteiger partial charge in [0, 0.05) is 25.4 Å². The van der Waals surface area contributed by atoms with Gasteiger partial charge in [-0.05, 0) is 31.4 Å². The summed E-state index contributed by atoms with van der Waals surface area (Å²) in [5.74, 6) is 0. The van der Waals surface area contributed by atoms with Gasteiger partial charge in [-0.25, -0.2) is 4.98 Å². The van der Waals surface area contributed by atoms with Gasteiger partial charge in [0.2, 0.25) is 0 Å². The van der Waals surface area contributed by atoms with Crippen LogP contribution in [0.15, 0.2) is 36.7 Å². The van der Waals surface area contributed by atoms with Gasteiger partial charge < -0.3 is 14.2 Å². The molecule has 3 aromatic rings. The number of aryl methyl sites for hydroxylation is 2. The topological polar surface area (TPSA) is 66.8 Å². The Hall–Kier alpha value is -2.40. The molecule has 0 spiro atoms. The van der Waals surface area contributed by atoms with Crippen molar-refractivity contribution in [3.8, 4) is 0 Å². The van der Waals surface area contributed by atoms with Gasteiger partial charge >= 0.3 is 0 Å². The zero-order valence-corrected chi connectivity index (χ0v) is 13.6. The number of nitrogens with zero attached hydrogens (tertiary/aromatic N) is 3. The fourth-order valence-corrected chi connectivity index (χ4v) is 2.96. The third kappa shape index (κ3) is 2.80. The minimum atomic E-state index is 0.123. The van der Waals surface area contributed by atoms with E-state index in [-0.39, 0.29) is 6.61 Å². The van der Waals surface area contributed by atoms with Gasteiger partial charge in [0.15, 0.2) is 0 Å². The Morgan fingerprint density at radius 2 is 1.91 bits per heavy atom. The van der Waals surface area contributed by atoms with E-state index >= 15 is 0 Å². The number of hydrogen-bond donors (Lipinski definition) is 2. The minimum absolute atomic E-state index is 0.123. The lowest BCUT2D eigenvalue weighted by molar-refractivity contribution is 0.278. The summed E-state index contributed by atoms with van der Waals surface area (Å²) >= 11 is 0. The number of rotatable bonds is 5. The molecule has 2 aromatic heterocycles. The lowest BCUT2D eigenvalue weighted by Gasteiger charge is -2.09. The number of benzene rings is 1. The monoisotopic (exact) mass is 310 g/mol. The molecule has 0 aliphatic rings. The first-order valence-corrected chi connectivity index (χ1v) is 7.87. The molecule has 2 N–H and O–H groups in total. The minimum Gasteiger partial charge on any atom is -0.396 e. The van der Waals surface area contributed by atoms with Crippen LogP contribution in [0.3, 0.4) is 0 Å². The second-order valence-electron chi connectivity index (χ2n) is 5.84. The third-order valence-corrected chi connectivity index (χ3v) is 4.39. The van der Waals surface area contributed by atoms with Crippen molar-refractivity contribution in [2.24, 2.45) is 0 Å². The molecule has 3 rings (SSSR count). The second-order valence-corrected chi connectivity index (χ2v) is 5.84. The molecule has 0 atom stereocenters. The van der Waals surface area contributed by atoms with Crippen LogP contribution in [-0.4, -0.2) is 25.8 Å². The highest BCUT2D eigenvalue weighted by Gasteiger charge is 2.15. The van der Waals surface area contributed by atoms with Crippen molar-refractivity contribution >= 4 is 11.0 Å². The zero-order chi connectivity index (χ0) is 16.4. The first-order valence-electron chi connectivity index (χ1n) is 7.87. The first kappa shape index (κ1) is 15.5. The van der Waals surface area contributed by atoms with Crippen molar-refractivity contribution in [1.29, 1.82) is 5.41 Å². The number of nitrogens with one attached hydrogen (secondary N) is 1. The second kappa shape index (κ2) is 6.38. The smallest absolute Gasteiger partial charge is 0.146 e. The van der Waals surface area contributed by atoms with Crippen molar-refractivity contribution in [1.82, 2.24) is 14.1 Å². The average Bonchev–Trinajstić information content (AvgIpc) is 2.81. The fourth-order valence-electron chi connectivity index (χ4n) is 2.96. The van der Waals surface area contributed by atoms with Gasteiger partial charge in [-0.1, -0.05) is 30.3 Å². The van der Waals surface area contributed by atoms with Crippen LogP contribution < -0.4 is 5.49 Å². The zero-order valence-electron chi connectivity index (χ0n) is 13.6. The molecule has 0 radical (unpaired) electrons. The molecule has 5 heteroatoms. The number of hydrogen-bond acceptors (Lipinski definition) is 3. The number of aliphatic hydroxyl groups excluding tert-OH is 1. The highest BCUT2D eigenvalue weighted by molar-refractivity contribution is 5.80. The SMILES string of the molecule is Cc1c(C)n(Cc2ccccc2)c2ncn(CCCO)c(=N)c12. The van der Waals surface area contributed by atoms with Crippen LogP contribution in [0.4, 0.5) is 0 Å². The van der Waals surface area contributed by atoms with Crippen LogP contribution in [0.5, 0.6) is 0 Å². The molecule has 120 valence electrons. The molecule has 0 bridgehead atoms. The number of aliphatic hydroxyl groups is 1. The summed E-state index contributed by atoms with van der Waals surface area (Å²) in [7, 11) is 0. The van der Waals surface area contributed by atoms with E-state index in [1.54, 1.807) is 10.9 Å². The first-order chi connectivity index (χ1) is 11.1. The van der Waals surface area contributed by atoms with Gasteiger partial charge in [-0.3, -0.25) is 5.41 Å². The van der Waals surface area contributed by atoms with Gasteiger partial charge in [0.1, 0.15) is 11.1 Å². The Morgan fingerprint density at radius 1 is 1.17 bits per heavy atom. The maximum atomic E-state index is 9.00. The van der Waals surface area contributed by atoms with Crippen LogP contribution in [0, 0.1) is 19.3 Å². The lowest BCUT2D eigenvalue weighted by Crippen LogP contribution is -2.21. The van der Waals surface area contributed by atoms with Gasteiger partial charge in [0.25, 0.3) is 0 Å². The van der Waals surface area contributed by atoms with Crippen LogP contribution in [0.2, 0.25) is 0 Å². The van der Waals surface area contributed by atoms with E-state index < -0.39 is 0 Å². The summed E-state index contributed by atoms with van der Waals surface area (Å²) in [5.41, 5.74) is 4.79. The van der Waals surface area contributed by atoms with Gasteiger partial charge in [-0.15, -0.1) is 0 Å². The van der Waals surface area contributed by atoms with Gasteiger partial charge in [0.05, 0.1) is 11.7 Å². The molecule has 0 aliphatic carbocycles. The molecule has 5 nitrogen and oxygen atoms in total. The van der Waals surface area contributed by atoms with Crippen molar-refractivity contribution in [3.05, 3.63) is 59.0 Å². The summed E-state index contributed by atoms with van der Waals surface area (Å²) in [6.07, 6.45) is 2.34. The van der Waals surface area contributed by atoms with Crippen molar-refractivity contribution < 1.29 is 5.11 Å². The molecule has 0 aliphatic heterocycles. The summed E-state index contributed by atoms with van der Waals surface area (Å²) in [5, 5.41) is 18.4. The predicted molar refractivity (Wildman–Crippen MR) is 90.3 cm³/mol. The number of fused-ring (bicyclic) bond motifs is 1. The molecule has 0 saturated heterocycles. The van der Waals surface area contributed by atoms with E-state index in [9.17, 15) is 0 Å². The van der Waals surface area contributed by atoms with E-state index in [0.717, 1.165) is 28.8 Å². The van der Waals surface area contributed by atoms with E-state index in [1.807, 2.05) is 18.2 Å². The quantitative estimate of drug-likeness (QED) is 0.760. The highest BCUT2D eigenvalue weighted by atomic mass is 16.3. The predicted octanol–water partition coefficient (Wildman–Crippen LogP) is 2.36. The Kier molecular flexibility index (Phi) is 4.30. The molecule has 0 amide bonds. The molecular formula is C18H22N4O. The Labute approximate surface area is 135 Å². The largest absolute Gasteiger partial charge is 0.396 e. The van der Waals surface area contributed by atoms with Crippen LogP contribution in [0.1, 0.15) is 23.2 Å². The summed E-state index contributed by atoms with van der Waals surface area (Å²) in [6, 6.07) is 10.3. The average molecular weight is 310 g/mol. The normalized spacial score (nSPS) is 11.3. The van der Waals surface area contributed by atoms with Crippen molar-refractivity contribution in [3.63, 3.8) is 0 Å². The highest BCUT2D eigenvalue weighted by Crippen LogP contribution is 2.21. The van der Waals surface area contributed by atoms with Crippen molar-refractivity contribution in [2.75, 3.05) is 6.61 Å². The fraction of sp³-hybridized carbons (Fsp3) is 0.333. The third-order valence-electron chi connectivity index (χ3n) is 4.39. The summed E-state index contributed by atoms with van der Waals surface area (Å²) < 4.78 is 3.98. The van der Waals surface area contributed by atoms with Gasteiger partial charge in [-0.2, -0.15) is 0 Å². The molecule has 2 heterocycles. The van der Waals surface area contributed by atoms with E-state index in [4.69, 9.17) is 10.5 Å². The standard InChI is InChI=1S/C18H22N4O/c1-13-14(2)22(11-15-7-4-3-5-8-15)18-16(13)17(19)21(12-20-18)9-6-10-23/h3-5,7-8,12,19,23H,6,9-11H2,1-2H3. The molecule has 23 heavy (non-hydrogen) atoms. The molecule has 1 aromatic carbocycles. The lowest BCUT2D eigenvalue weighted by atomic mass is 10.2.